The number of nitrogens with zero attached hydrogens (tertiary/aromatic N) is 1. The van der Waals surface area contributed by atoms with Gasteiger partial charge in [0.2, 0.25) is 0 Å². The number of carbonyl (C=O) groups is 2. The topological polar surface area (TPSA) is 93.9 Å². The van der Waals surface area contributed by atoms with Gasteiger partial charge in [0.05, 0.1) is 23.7 Å². The number of ether oxygens (including phenoxy) is 2. The van der Waals surface area contributed by atoms with Gasteiger partial charge in [-0.2, -0.15) is 0 Å². The first-order valence-corrected chi connectivity index (χ1v) is 10.5. The highest BCUT2D eigenvalue weighted by molar-refractivity contribution is 6.00. The van der Waals surface area contributed by atoms with Crippen LogP contribution in [0.25, 0.3) is 0 Å². The van der Waals surface area contributed by atoms with E-state index in [1.54, 1.807) is 13.8 Å². The number of allylic oxidation sites excluding steroid dienone is 1. The number of anilines is 1. The molecule has 2 aliphatic rings. The molecule has 1 saturated carbocycles. The molecule has 1 fully saturated rings. The summed E-state index contributed by atoms with van der Waals surface area (Å²) >= 11 is 0. The van der Waals surface area contributed by atoms with Crippen LogP contribution < -0.4 is 16.0 Å². The molecular formula is C23H31N3O4. The van der Waals surface area contributed by atoms with Crippen molar-refractivity contribution in [1.82, 2.24) is 5.32 Å². The lowest BCUT2D eigenvalue weighted by atomic mass is 9.81. The normalized spacial score (nSPS) is 19.5. The molecule has 0 saturated heterocycles. The van der Waals surface area contributed by atoms with E-state index >= 15 is 0 Å². The van der Waals surface area contributed by atoms with Gasteiger partial charge in [-0.3, -0.25) is 0 Å². The van der Waals surface area contributed by atoms with Gasteiger partial charge in [0, 0.05) is 25.5 Å². The first kappa shape index (κ1) is 21.7. The Kier molecular flexibility index (Phi) is 6.70. The van der Waals surface area contributed by atoms with Crippen LogP contribution >= 0.6 is 0 Å². The summed E-state index contributed by atoms with van der Waals surface area (Å²) in [6.07, 6.45) is 3.78. The molecule has 0 spiro atoms. The number of esters is 2. The van der Waals surface area contributed by atoms with Crippen LogP contribution in [0.15, 0.2) is 46.9 Å². The number of rotatable bonds is 6. The highest BCUT2D eigenvalue weighted by Crippen LogP contribution is 2.39. The van der Waals surface area contributed by atoms with E-state index in [4.69, 9.17) is 15.2 Å². The molecule has 0 amide bonds. The summed E-state index contributed by atoms with van der Waals surface area (Å²) in [6.45, 7) is 3.73. The van der Waals surface area contributed by atoms with Crippen LogP contribution in [0, 0.1) is 0 Å². The zero-order chi connectivity index (χ0) is 21.8. The van der Waals surface area contributed by atoms with E-state index in [2.05, 4.69) is 5.32 Å². The second-order valence-corrected chi connectivity index (χ2v) is 7.94. The van der Waals surface area contributed by atoms with Crippen molar-refractivity contribution in [3.8, 4) is 0 Å². The van der Waals surface area contributed by atoms with E-state index < -0.39 is 17.9 Å². The molecule has 3 rings (SSSR count). The van der Waals surface area contributed by atoms with E-state index in [0.29, 0.717) is 11.3 Å². The maximum absolute atomic E-state index is 13.2. The molecule has 3 N–H and O–H groups in total. The van der Waals surface area contributed by atoms with E-state index in [1.165, 1.54) is 0 Å². The monoisotopic (exact) mass is 413 g/mol. The van der Waals surface area contributed by atoms with Crippen molar-refractivity contribution in [2.45, 2.75) is 51.6 Å². The van der Waals surface area contributed by atoms with E-state index in [9.17, 15) is 9.59 Å². The molecule has 162 valence electrons. The molecule has 0 bridgehead atoms. The molecule has 7 nitrogen and oxygen atoms in total. The molecule has 7 heteroatoms. The molecule has 1 unspecified atom stereocenters. The molecule has 1 aromatic rings. The van der Waals surface area contributed by atoms with Crippen molar-refractivity contribution in [3.05, 3.63) is 52.5 Å². The minimum atomic E-state index is -0.657. The van der Waals surface area contributed by atoms with Crippen LogP contribution in [0.5, 0.6) is 0 Å². The quantitative estimate of drug-likeness (QED) is 0.693. The van der Waals surface area contributed by atoms with Crippen molar-refractivity contribution in [2.75, 3.05) is 25.6 Å². The zero-order valence-electron chi connectivity index (χ0n) is 18.2. The van der Waals surface area contributed by atoms with Gasteiger partial charge >= 0.3 is 11.9 Å². The summed E-state index contributed by atoms with van der Waals surface area (Å²) in [5.74, 6) is -1.41. The van der Waals surface area contributed by atoms with Crippen LogP contribution in [0.1, 0.15) is 51.0 Å². The van der Waals surface area contributed by atoms with Gasteiger partial charge in [-0.25, -0.2) is 9.59 Å². The van der Waals surface area contributed by atoms with E-state index in [0.717, 1.165) is 36.9 Å². The first-order valence-electron chi connectivity index (χ1n) is 10.5. The number of dihydropyridines is 1. The number of nitrogens with two attached hydrogens (primary N) is 1. The minimum Gasteiger partial charge on any atom is -0.463 e. The number of benzene rings is 1. The van der Waals surface area contributed by atoms with Gasteiger partial charge in [0.15, 0.2) is 0 Å². The Morgan fingerprint density at radius 3 is 2.30 bits per heavy atom. The summed E-state index contributed by atoms with van der Waals surface area (Å²) < 4.78 is 11.1. The van der Waals surface area contributed by atoms with Gasteiger partial charge < -0.3 is 25.4 Å². The van der Waals surface area contributed by atoms with Crippen molar-refractivity contribution < 1.29 is 19.1 Å². The summed E-state index contributed by atoms with van der Waals surface area (Å²) in [5.41, 5.74) is 9.22. The molecule has 1 aromatic carbocycles. The Morgan fingerprint density at radius 1 is 1.10 bits per heavy atom. The highest BCUT2D eigenvalue weighted by Gasteiger charge is 2.39. The molecule has 1 aliphatic heterocycles. The Balaban J connectivity index is 2.04. The van der Waals surface area contributed by atoms with Crippen molar-refractivity contribution in [2.24, 2.45) is 5.73 Å². The van der Waals surface area contributed by atoms with Crippen molar-refractivity contribution >= 4 is 17.6 Å². The molecule has 1 aliphatic carbocycles. The molecule has 0 radical (unpaired) electrons. The molecule has 1 heterocycles. The Hall–Kier alpha value is -2.96. The van der Waals surface area contributed by atoms with Gasteiger partial charge in [-0.1, -0.05) is 12.1 Å². The van der Waals surface area contributed by atoms with Crippen LogP contribution in [0.4, 0.5) is 5.69 Å². The average molecular weight is 414 g/mol. The van der Waals surface area contributed by atoms with Gasteiger partial charge in [0.25, 0.3) is 0 Å². The molecule has 0 aromatic heterocycles. The first-order chi connectivity index (χ1) is 14.3. The van der Waals surface area contributed by atoms with E-state index in [-0.39, 0.29) is 24.1 Å². The third-order valence-corrected chi connectivity index (χ3v) is 5.63. The third-order valence-electron chi connectivity index (χ3n) is 5.63. The Labute approximate surface area is 177 Å². The summed E-state index contributed by atoms with van der Waals surface area (Å²) in [7, 11) is 3.91. The van der Waals surface area contributed by atoms with Crippen LogP contribution in [0.2, 0.25) is 0 Å². The minimum absolute atomic E-state index is 0.0798. The smallest absolute Gasteiger partial charge is 0.338 e. The fourth-order valence-electron chi connectivity index (χ4n) is 4.08. The molecule has 1 atom stereocenters. The lowest BCUT2D eigenvalue weighted by molar-refractivity contribution is -0.144. The predicted molar refractivity (Wildman–Crippen MR) is 116 cm³/mol. The van der Waals surface area contributed by atoms with E-state index in [1.807, 2.05) is 43.3 Å². The maximum atomic E-state index is 13.2. The number of nitrogens with one attached hydrogen (secondary N) is 1. The molecule has 30 heavy (non-hydrogen) atoms. The Morgan fingerprint density at radius 2 is 1.73 bits per heavy atom. The number of hydrogen-bond acceptors (Lipinski definition) is 7. The van der Waals surface area contributed by atoms with Crippen LogP contribution in [-0.2, 0) is 19.1 Å². The number of carbonyl (C=O) groups excluding carboxylic acids is 2. The fourth-order valence-corrected chi connectivity index (χ4v) is 4.08. The fraction of sp³-hybridized carbons (Fsp3) is 0.478. The maximum Gasteiger partial charge on any atom is 0.338 e. The van der Waals surface area contributed by atoms with Crippen molar-refractivity contribution in [1.29, 1.82) is 0 Å². The summed E-state index contributed by atoms with van der Waals surface area (Å²) in [5, 5.41) is 2.98. The highest BCUT2D eigenvalue weighted by atomic mass is 16.5. The second kappa shape index (κ2) is 9.24. The largest absolute Gasteiger partial charge is 0.463 e. The Bertz CT molecular complexity index is 865. The lowest BCUT2D eigenvalue weighted by Crippen LogP contribution is -2.36. The summed E-state index contributed by atoms with van der Waals surface area (Å²) in [4.78, 5) is 28.0. The predicted octanol–water partition coefficient (Wildman–Crippen LogP) is 2.93. The summed E-state index contributed by atoms with van der Waals surface area (Å²) in [6, 6.07) is 7.72. The lowest BCUT2D eigenvalue weighted by Gasteiger charge is -2.30. The zero-order valence-corrected chi connectivity index (χ0v) is 18.2. The standard InChI is InChI=1S/C23H31N3O4/c1-5-29-22(27)20-19(15-10-12-16(13-11-15)26(3)4)18(14(2)25-21(20)24)23(28)30-17-8-6-7-9-17/h10-13,17,19,25H,5-9,24H2,1-4H3. The SMILES string of the molecule is CCOC(=O)C1=C(N)NC(C)=C(C(=O)OC2CCCC2)C1c1ccc(N(C)C)cc1. The second-order valence-electron chi connectivity index (χ2n) is 7.94. The van der Waals surface area contributed by atoms with Gasteiger partial charge in [-0.05, 0) is 57.2 Å². The number of hydrogen-bond donors (Lipinski definition) is 2. The van der Waals surface area contributed by atoms with Gasteiger partial charge in [-0.15, -0.1) is 0 Å². The van der Waals surface area contributed by atoms with Crippen LogP contribution in [0.3, 0.4) is 0 Å². The van der Waals surface area contributed by atoms with Crippen molar-refractivity contribution in [3.63, 3.8) is 0 Å². The molecular weight excluding hydrogens is 382 g/mol. The van der Waals surface area contributed by atoms with Gasteiger partial charge in [0.1, 0.15) is 11.9 Å². The third kappa shape index (κ3) is 4.45. The average Bonchev–Trinajstić information content (AvgIpc) is 3.20. The van der Waals surface area contributed by atoms with Crippen LogP contribution in [-0.4, -0.2) is 38.7 Å².